The minimum atomic E-state index is -0.133. The molecule has 2 unspecified atom stereocenters. The molecular formula is C12H13NO2. The molecule has 2 atom stereocenters. The minimum Gasteiger partial charge on any atom is -0.496 e. The zero-order valence-corrected chi connectivity index (χ0v) is 8.64. The summed E-state index contributed by atoms with van der Waals surface area (Å²) in [6.45, 7) is 0.654. The molecular weight excluding hydrogens is 190 g/mol. The maximum Gasteiger partial charge on any atom is 0.124 e. The van der Waals surface area contributed by atoms with Gasteiger partial charge in [-0.15, -0.1) is 0 Å². The second-order valence-corrected chi connectivity index (χ2v) is 3.56. The number of rotatable bonds is 2. The quantitative estimate of drug-likeness (QED) is 0.740. The Morgan fingerprint density at radius 1 is 1.47 bits per heavy atom. The summed E-state index contributed by atoms with van der Waals surface area (Å²) in [5, 5.41) is 8.99. The number of para-hydroxylation sites is 1. The van der Waals surface area contributed by atoms with Crippen molar-refractivity contribution in [3.63, 3.8) is 0 Å². The summed E-state index contributed by atoms with van der Waals surface area (Å²) in [5.41, 5.74) is 0.976. The average Bonchev–Trinajstić information content (AvgIpc) is 2.76. The largest absolute Gasteiger partial charge is 0.496 e. The first-order valence-corrected chi connectivity index (χ1v) is 5.01. The molecule has 0 amide bonds. The monoisotopic (exact) mass is 203 g/mol. The highest BCUT2D eigenvalue weighted by molar-refractivity contribution is 5.36. The molecule has 0 aromatic heterocycles. The normalized spacial score (nSPS) is 24.8. The van der Waals surface area contributed by atoms with Crippen LogP contribution in [0, 0.1) is 17.2 Å². The van der Waals surface area contributed by atoms with E-state index in [1.165, 1.54) is 0 Å². The van der Waals surface area contributed by atoms with Gasteiger partial charge >= 0.3 is 0 Å². The zero-order chi connectivity index (χ0) is 10.7. The Morgan fingerprint density at radius 2 is 2.27 bits per heavy atom. The van der Waals surface area contributed by atoms with Crippen molar-refractivity contribution in [3.8, 4) is 11.8 Å². The van der Waals surface area contributed by atoms with Crippen LogP contribution in [0.15, 0.2) is 24.3 Å². The highest BCUT2D eigenvalue weighted by Crippen LogP contribution is 2.38. The van der Waals surface area contributed by atoms with Crippen LogP contribution in [0.3, 0.4) is 0 Å². The summed E-state index contributed by atoms with van der Waals surface area (Å²) in [6.07, 6.45) is 0.672. The van der Waals surface area contributed by atoms with Crippen molar-refractivity contribution < 1.29 is 9.47 Å². The highest BCUT2D eigenvalue weighted by Gasteiger charge is 2.31. The zero-order valence-electron chi connectivity index (χ0n) is 8.64. The second kappa shape index (κ2) is 4.33. The lowest BCUT2D eigenvalue weighted by Gasteiger charge is -2.16. The van der Waals surface area contributed by atoms with Gasteiger partial charge in [-0.05, 0) is 12.5 Å². The molecule has 3 nitrogen and oxygen atoms in total. The molecule has 1 fully saturated rings. The van der Waals surface area contributed by atoms with Crippen molar-refractivity contribution in [1.82, 2.24) is 0 Å². The van der Waals surface area contributed by atoms with Crippen molar-refractivity contribution in [2.75, 3.05) is 13.7 Å². The molecule has 3 heteroatoms. The van der Waals surface area contributed by atoms with Crippen LogP contribution in [0.25, 0.3) is 0 Å². The first-order chi connectivity index (χ1) is 7.36. The lowest BCUT2D eigenvalue weighted by atomic mass is 9.96. The van der Waals surface area contributed by atoms with Crippen molar-refractivity contribution in [1.29, 1.82) is 5.26 Å². The van der Waals surface area contributed by atoms with Gasteiger partial charge in [0.15, 0.2) is 0 Å². The van der Waals surface area contributed by atoms with Gasteiger partial charge in [0.2, 0.25) is 0 Å². The number of nitrogens with zero attached hydrogens (tertiary/aromatic N) is 1. The Balaban J connectivity index is 2.32. The molecule has 2 rings (SSSR count). The van der Waals surface area contributed by atoms with Gasteiger partial charge in [-0.3, -0.25) is 0 Å². The smallest absolute Gasteiger partial charge is 0.124 e. The van der Waals surface area contributed by atoms with Gasteiger partial charge < -0.3 is 9.47 Å². The van der Waals surface area contributed by atoms with E-state index in [2.05, 4.69) is 6.07 Å². The van der Waals surface area contributed by atoms with E-state index in [0.29, 0.717) is 6.61 Å². The highest BCUT2D eigenvalue weighted by atomic mass is 16.5. The predicted octanol–water partition coefficient (Wildman–Crippen LogP) is 2.30. The van der Waals surface area contributed by atoms with E-state index in [4.69, 9.17) is 14.7 Å². The van der Waals surface area contributed by atoms with Crippen LogP contribution in [0.1, 0.15) is 18.1 Å². The topological polar surface area (TPSA) is 42.2 Å². The Bertz CT molecular complexity index is 383. The van der Waals surface area contributed by atoms with Crippen LogP contribution in [0.4, 0.5) is 0 Å². The minimum absolute atomic E-state index is 0.0544. The van der Waals surface area contributed by atoms with Gasteiger partial charge in [0, 0.05) is 12.2 Å². The van der Waals surface area contributed by atoms with Crippen LogP contribution in [-0.4, -0.2) is 13.7 Å². The summed E-state index contributed by atoms with van der Waals surface area (Å²) in [7, 11) is 1.63. The number of nitriles is 1. The maximum absolute atomic E-state index is 8.99. The molecule has 0 bridgehead atoms. The molecule has 1 saturated heterocycles. The SMILES string of the molecule is COc1ccccc1C1OCCC1C#N. The summed E-state index contributed by atoms with van der Waals surface area (Å²) in [5.74, 6) is 0.742. The standard InChI is InChI=1S/C12H13NO2/c1-14-11-5-3-2-4-10(11)12-9(8-13)6-7-15-12/h2-5,9,12H,6-7H2,1H3. The lowest BCUT2D eigenvalue weighted by Crippen LogP contribution is -2.06. The summed E-state index contributed by atoms with van der Waals surface area (Å²) >= 11 is 0. The van der Waals surface area contributed by atoms with Crippen LogP contribution < -0.4 is 4.74 Å². The molecule has 1 heterocycles. The number of hydrogen-bond donors (Lipinski definition) is 0. The third-order valence-electron chi connectivity index (χ3n) is 2.70. The number of hydrogen-bond acceptors (Lipinski definition) is 3. The molecule has 1 aliphatic rings. The van der Waals surface area contributed by atoms with Gasteiger partial charge in [-0.25, -0.2) is 0 Å². The lowest BCUT2D eigenvalue weighted by molar-refractivity contribution is 0.0984. The molecule has 78 valence electrons. The number of benzene rings is 1. The third-order valence-corrected chi connectivity index (χ3v) is 2.70. The van der Waals surface area contributed by atoms with Crippen molar-refractivity contribution in [3.05, 3.63) is 29.8 Å². The van der Waals surface area contributed by atoms with E-state index in [1.807, 2.05) is 24.3 Å². The van der Waals surface area contributed by atoms with E-state index in [0.717, 1.165) is 17.7 Å². The van der Waals surface area contributed by atoms with E-state index in [9.17, 15) is 0 Å². The number of methoxy groups -OCH3 is 1. The average molecular weight is 203 g/mol. The Labute approximate surface area is 89.2 Å². The van der Waals surface area contributed by atoms with Gasteiger partial charge in [-0.1, -0.05) is 18.2 Å². The van der Waals surface area contributed by atoms with Crippen LogP contribution in [-0.2, 0) is 4.74 Å². The molecule has 1 aliphatic heterocycles. The van der Waals surface area contributed by atoms with Gasteiger partial charge in [-0.2, -0.15) is 5.26 Å². The van der Waals surface area contributed by atoms with Gasteiger partial charge in [0.1, 0.15) is 11.9 Å². The van der Waals surface area contributed by atoms with Crippen molar-refractivity contribution in [2.24, 2.45) is 5.92 Å². The molecule has 0 aliphatic carbocycles. The number of ether oxygens (including phenoxy) is 2. The fourth-order valence-corrected chi connectivity index (χ4v) is 1.93. The first kappa shape index (κ1) is 10.0. The molecule has 0 saturated carbocycles. The Kier molecular flexibility index (Phi) is 2.89. The molecule has 0 spiro atoms. The summed E-state index contributed by atoms with van der Waals surface area (Å²) in [6, 6.07) is 9.99. The molecule has 1 aromatic rings. The molecule has 1 aromatic carbocycles. The van der Waals surface area contributed by atoms with E-state index in [-0.39, 0.29) is 12.0 Å². The fraction of sp³-hybridized carbons (Fsp3) is 0.417. The van der Waals surface area contributed by atoms with Crippen molar-refractivity contribution >= 4 is 0 Å². The van der Waals surface area contributed by atoms with Crippen molar-refractivity contribution in [2.45, 2.75) is 12.5 Å². The van der Waals surface area contributed by atoms with Crippen LogP contribution >= 0.6 is 0 Å². The molecule has 0 N–H and O–H groups in total. The molecule has 15 heavy (non-hydrogen) atoms. The second-order valence-electron chi connectivity index (χ2n) is 3.56. The summed E-state index contributed by atoms with van der Waals surface area (Å²) in [4.78, 5) is 0. The third kappa shape index (κ3) is 1.81. The Morgan fingerprint density at radius 3 is 3.00 bits per heavy atom. The predicted molar refractivity (Wildman–Crippen MR) is 55.4 cm³/mol. The van der Waals surface area contributed by atoms with E-state index < -0.39 is 0 Å². The van der Waals surface area contributed by atoms with Crippen LogP contribution in [0.2, 0.25) is 0 Å². The van der Waals surface area contributed by atoms with E-state index in [1.54, 1.807) is 7.11 Å². The Hall–Kier alpha value is -1.53. The van der Waals surface area contributed by atoms with E-state index >= 15 is 0 Å². The molecule has 0 radical (unpaired) electrons. The maximum atomic E-state index is 8.99. The summed E-state index contributed by atoms with van der Waals surface area (Å²) < 4.78 is 10.8. The fourth-order valence-electron chi connectivity index (χ4n) is 1.93. The van der Waals surface area contributed by atoms with Gasteiger partial charge in [0.05, 0.1) is 19.1 Å². The first-order valence-electron chi connectivity index (χ1n) is 5.01. The van der Waals surface area contributed by atoms with Crippen LogP contribution in [0.5, 0.6) is 5.75 Å². The van der Waals surface area contributed by atoms with Gasteiger partial charge in [0.25, 0.3) is 0 Å².